The fraction of sp³-hybridized carbons (Fsp3) is 0.667. The summed E-state index contributed by atoms with van der Waals surface area (Å²) in [5.74, 6) is 1.53. The predicted octanol–water partition coefficient (Wildman–Crippen LogP) is -0.579. The summed E-state index contributed by atoms with van der Waals surface area (Å²) in [7, 11) is 0. The van der Waals surface area contributed by atoms with E-state index >= 15 is 0 Å². The number of ether oxygens (including phenoxy) is 2. The van der Waals surface area contributed by atoms with Gasteiger partial charge in [-0.2, -0.15) is 20.3 Å². The van der Waals surface area contributed by atoms with Crippen LogP contribution in [0.1, 0.15) is 0 Å². The lowest BCUT2D eigenvalue weighted by molar-refractivity contribution is 0.121. The second-order valence-corrected chi connectivity index (χ2v) is 5.04. The Balaban J connectivity index is 1.74. The maximum Gasteiger partial charge on any atom is 0.229 e. The standard InChI is InChI=1S/C12H17N7O2/c1-5-20-6-2-18(1)11-9-10(16-17-15-9)13-12(14-11)19-3-7-21-8-4-19/h1-8H2,(H,13,14,15,16,17). The Kier molecular flexibility index (Phi) is 3.28. The highest BCUT2D eigenvalue weighted by atomic mass is 16.5. The molecule has 9 nitrogen and oxygen atoms in total. The number of nitrogens with one attached hydrogen (secondary N) is 1. The van der Waals surface area contributed by atoms with Crippen LogP contribution >= 0.6 is 0 Å². The molecular weight excluding hydrogens is 274 g/mol. The summed E-state index contributed by atoms with van der Waals surface area (Å²) in [5.41, 5.74) is 1.32. The molecule has 2 fully saturated rings. The average molecular weight is 291 g/mol. The highest BCUT2D eigenvalue weighted by molar-refractivity contribution is 5.83. The molecule has 4 heterocycles. The minimum Gasteiger partial charge on any atom is -0.378 e. The van der Waals surface area contributed by atoms with Gasteiger partial charge in [0.1, 0.15) is 0 Å². The number of hydrogen-bond acceptors (Lipinski definition) is 8. The highest BCUT2D eigenvalue weighted by Gasteiger charge is 2.22. The Morgan fingerprint density at radius 3 is 2.19 bits per heavy atom. The average Bonchev–Trinajstić information content (AvgIpc) is 3.04. The van der Waals surface area contributed by atoms with Crippen molar-refractivity contribution in [1.29, 1.82) is 0 Å². The van der Waals surface area contributed by atoms with E-state index in [0.29, 0.717) is 43.5 Å². The summed E-state index contributed by atoms with van der Waals surface area (Å²) < 4.78 is 10.8. The maximum atomic E-state index is 5.41. The van der Waals surface area contributed by atoms with Gasteiger partial charge in [-0.15, -0.1) is 5.10 Å². The Morgan fingerprint density at radius 1 is 0.810 bits per heavy atom. The summed E-state index contributed by atoms with van der Waals surface area (Å²) >= 11 is 0. The van der Waals surface area contributed by atoms with Crippen LogP contribution in [0.2, 0.25) is 0 Å². The van der Waals surface area contributed by atoms with Crippen molar-refractivity contribution >= 4 is 22.9 Å². The minimum atomic E-state index is 0.605. The van der Waals surface area contributed by atoms with E-state index in [4.69, 9.17) is 14.5 Å². The van der Waals surface area contributed by atoms with Gasteiger partial charge in [0, 0.05) is 26.2 Å². The number of H-pyrrole nitrogens is 1. The Bertz CT molecular complexity index is 619. The molecule has 21 heavy (non-hydrogen) atoms. The van der Waals surface area contributed by atoms with Gasteiger partial charge in [0.15, 0.2) is 11.3 Å². The van der Waals surface area contributed by atoms with Gasteiger partial charge >= 0.3 is 0 Å². The zero-order chi connectivity index (χ0) is 14.1. The monoisotopic (exact) mass is 291 g/mol. The summed E-state index contributed by atoms with van der Waals surface area (Å²) in [6.45, 7) is 6.02. The second-order valence-electron chi connectivity index (χ2n) is 5.04. The van der Waals surface area contributed by atoms with Crippen LogP contribution in [-0.2, 0) is 9.47 Å². The fourth-order valence-electron chi connectivity index (χ4n) is 2.62. The van der Waals surface area contributed by atoms with Gasteiger partial charge in [-0.25, -0.2) is 0 Å². The van der Waals surface area contributed by atoms with E-state index < -0.39 is 0 Å². The summed E-state index contributed by atoms with van der Waals surface area (Å²) in [5, 5.41) is 11.0. The number of morpholine rings is 2. The maximum absolute atomic E-state index is 5.41. The van der Waals surface area contributed by atoms with E-state index in [-0.39, 0.29) is 0 Å². The molecule has 2 saturated heterocycles. The number of rotatable bonds is 2. The molecule has 2 aromatic heterocycles. The van der Waals surface area contributed by atoms with Crippen molar-refractivity contribution in [3.63, 3.8) is 0 Å². The fourth-order valence-corrected chi connectivity index (χ4v) is 2.62. The van der Waals surface area contributed by atoms with Crippen LogP contribution < -0.4 is 9.80 Å². The first-order valence-electron chi connectivity index (χ1n) is 7.16. The lowest BCUT2D eigenvalue weighted by Crippen LogP contribution is -2.39. The first-order valence-corrected chi connectivity index (χ1v) is 7.16. The largest absolute Gasteiger partial charge is 0.378 e. The Labute approximate surface area is 121 Å². The van der Waals surface area contributed by atoms with Crippen LogP contribution in [0.15, 0.2) is 0 Å². The first-order chi connectivity index (χ1) is 10.4. The molecule has 0 radical (unpaired) electrons. The normalized spacial score (nSPS) is 20.2. The smallest absolute Gasteiger partial charge is 0.229 e. The van der Waals surface area contributed by atoms with Crippen molar-refractivity contribution in [2.45, 2.75) is 0 Å². The van der Waals surface area contributed by atoms with Gasteiger partial charge in [0.25, 0.3) is 0 Å². The van der Waals surface area contributed by atoms with Crippen LogP contribution in [0, 0.1) is 0 Å². The molecule has 1 N–H and O–H groups in total. The van der Waals surface area contributed by atoms with E-state index in [1.54, 1.807) is 0 Å². The molecule has 4 rings (SSSR count). The number of aromatic amines is 1. The van der Waals surface area contributed by atoms with Crippen molar-refractivity contribution in [3.8, 4) is 0 Å². The van der Waals surface area contributed by atoms with E-state index in [0.717, 1.165) is 32.0 Å². The third-order valence-electron chi connectivity index (χ3n) is 3.76. The van der Waals surface area contributed by atoms with Gasteiger partial charge in [-0.1, -0.05) is 0 Å². The predicted molar refractivity (Wildman–Crippen MR) is 75.5 cm³/mol. The third kappa shape index (κ3) is 2.38. The number of anilines is 2. The van der Waals surface area contributed by atoms with Gasteiger partial charge < -0.3 is 19.3 Å². The molecule has 0 atom stereocenters. The second kappa shape index (κ2) is 5.41. The van der Waals surface area contributed by atoms with Gasteiger partial charge in [0.05, 0.1) is 26.4 Å². The van der Waals surface area contributed by atoms with Crippen LogP contribution in [0.4, 0.5) is 11.8 Å². The zero-order valence-electron chi connectivity index (χ0n) is 11.7. The molecule has 0 bridgehead atoms. The lowest BCUT2D eigenvalue weighted by Gasteiger charge is -2.30. The minimum absolute atomic E-state index is 0.605. The number of fused-ring (bicyclic) bond motifs is 1. The molecule has 2 aliphatic rings. The third-order valence-corrected chi connectivity index (χ3v) is 3.76. The number of nitrogens with zero attached hydrogens (tertiary/aromatic N) is 6. The summed E-state index contributed by atoms with van der Waals surface area (Å²) in [6.07, 6.45) is 0. The van der Waals surface area contributed by atoms with Gasteiger partial charge in [-0.3, -0.25) is 0 Å². The molecule has 0 saturated carbocycles. The molecule has 0 spiro atoms. The number of aromatic nitrogens is 5. The number of hydrogen-bond donors (Lipinski definition) is 1. The molecule has 9 heteroatoms. The van der Waals surface area contributed by atoms with Crippen LogP contribution in [0.25, 0.3) is 11.2 Å². The van der Waals surface area contributed by atoms with Crippen molar-refractivity contribution in [2.24, 2.45) is 0 Å². The van der Waals surface area contributed by atoms with E-state index in [2.05, 4.69) is 30.2 Å². The first kappa shape index (κ1) is 12.7. The molecule has 0 unspecified atom stereocenters. The van der Waals surface area contributed by atoms with E-state index in [1.807, 2.05) is 0 Å². The van der Waals surface area contributed by atoms with E-state index in [1.165, 1.54) is 0 Å². The van der Waals surface area contributed by atoms with Crippen molar-refractivity contribution in [2.75, 3.05) is 62.4 Å². The van der Waals surface area contributed by atoms with Crippen molar-refractivity contribution < 1.29 is 9.47 Å². The van der Waals surface area contributed by atoms with Crippen LogP contribution in [-0.4, -0.2) is 78.0 Å². The summed E-state index contributed by atoms with van der Waals surface area (Å²) in [4.78, 5) is 13.5. The van der Waals surface area contributed by atoms with Gasteiger partial charge in [0.2, 0.25) is 11.6 Å². The zero-order valence-corrected chi connectivity index (χ0v) is 11.7. The van der Waals surface area contributed by atoms with Crippen molar-refractivity contribution in [1.82, 2.24) is 25.4 Å². The molecule has 0 aromatic carbocycles. The molecule has 0 amide bonds. The SMILES string of the molecule is C1CN(c2nc(N3CCOCC3)c3n[nH]nc3n2)CCO1. The van der Waals surface area contributed by atoms with Crippen LogP contribution in [0.3, 0.4) is 0 Å². The molecule has 112 valence electrons. The molecule has 2 aromatic rings. The highest BCUT2D eigenvalue weighted by Crippen LogP contribution is 2.24. The molecule has 2 aliphatic heterocycles. The van der Waals surface area contributed by atoms with Crippen molar-refractivity contribution in [3.05, 3.63) is 0 Å². The lowest BCUT2D eigenvalue weighted by atomic mass is 10.3. The Hall–Kier alpha value is -2.00. The van der Waals surface area contributed by atoms with E-state index in [9.17, 15) is 0 Å². The quantitative estimate of drug-likeness (QED) is 0.786. The topological polar surface area (TPSA) is 92.3 Å². The van der Waals surface area contributed by atoms with Crippen LogP contribution in [0.5, 0.6) is 0 Å². The Morgan fingerprint density at radius 2 is 1.48 bits per heavy atom. The molecular formula is C12H17N7O2. The molecule has 0 aliphatic carbocycles. The van der Waals surface area contributed by atoms with Gasteiger partial charge in [-0.05, 0) is 0 Å². The summed E-state index contributed by atoms with van der Waals surface area (Å²) in [6, 6.07) is 0.